The van der Waals surface area contributed by atoms with E-state index >= 15 is 0 Å². The molecule has 0 N–H and O–H groups in total. The number of piperidine rings is 1. The van der Waals surface area contributed by atoms with Gasteiger partial charge >= 0.3 is 6.18 Å². The Morgan fingerprint density at radius 2 is 1.93 bits per heavy atom. The first kappa shape index (κ1) is 18.6. The summed E-state index contributed by atoms with van der Waals surface area (Å²) in [7, 11) is 0. The van der Waals surface area contributed by atoms with Gasteiger partial charge < -0.3 is 4.90 Å². The third-order valence-corrected chi connectivity index (χ3v) is 4.25. The predicted octanol–water partition coefficient (Wildman–Crippen LogP) is 5.08. The molecule has 1 aliphatic heterocycles. The monoisotopic (exact) mass is 371 g/mol. The van der Waals surface area contributed by atoms with Gasteiger partial charge in [0.15, 0.2) is 5.82 Å². The second kappa shape index (κ2) is 8.04. The standard InChI is InChI=1S/C20H16F3N3O/c21-20(22,23)17-7-2-6-16(14-17)5-1-4-15-9-12-26(13-10-15)19-18(25-27)8-3-11-24-19/h2-4,6-8,11,14H,9-10,12-13H2. The predicted molar refractivity (Wildman–Crippen MR) is 97.5 cm³/mol. The second-order valence-corrected chi connectivity index (χ2v) is 6.07. The minimum Gasteiger partial charge on any atom is -0.354 e. The molecule has 2 aromatic rings. The van der Waals surface area contributed by atoms with Gasteiger partial charge in [0, 0.05) is 24.8 Å². The van der Waals surface area contributed by atoms with Crippen LogP contribution in [0, 0.1) is 16.7 Å². The Labute approximate surface area is 154 Å². The molecule has 138 valence electrons. The van der Waals surface area contributed by atoms with Crippen LogP contribution in [0.3, 0.4) is 0 Å². The van der Waals surface area contributed by atoms with Gasteiger partial charge in [-0.2, -0.15) is 13.2 Å². The highest BCUT2D eigenvalue weighted by atomic mass is 19.4. The van der Waals surface area contributed by atoms with Crippen molar-refractivity contribution >= 4 is 11.5 Å². The largest absolute Gasteiger partial charge is 0.416 e. The molecule has 0 amide bonds. The average Bonchev–Trinajstić information content (AvgIpc) is 2.68. The lowest BCUT2D eigenvalue weighted by molar-refractivity contribution is -0.137. The van der Waals surface area contributed by atoms with E-state index in [1.807, 2.05) is 4.90 Å². The van der Waals surface area contributed by atoms with E-state index in [2.05, 4.69) is 22.0 Å². The smallest absolute Gasteiger partial charge is 0.354 e. The van der Waals surface area contributed by atoms with E-state index in [-0.39, 0.29) is 0 Å². The van der Waals surface area contributed by atoms with Crippen molar-refractivity contribution < 1.29 is 13.2 Å². The van der Waals surface area contributed by atoms with Gasteiger partial charge in [-0.05, 0) is 54.4 Å². The number of hydrogen-bond donors (Lipinski definition) is 0. The molecule has 0 saturated carbocycles. The highest BCUT2D eigenvalue weighted by Gasteiger charge is 2.30. The van der Waals surface area contributed by atoms with Crippen LogP contribution in [0.25, 0.3) is 0 Å². The van der Waals surface area contributed by atoms with Gasteiger partial charge in [-0.25, -0.2) is 4.98 Å². The lowest BCUT2D eigenvalue weighted by Gasteiger charge is -2.29. The number of allylic oxidation sites excluding steroid dienone is 1. The maximum Gasteiger partial charge on any atom is 0.416 e. The maximum absolute atomic E-state index is 12.7. The van der Waals surface area contributed by atoms with Gasteiger partial charge in [0.2, 0.25) is 0 Å². The van der Waals surface area contributed by atoms with E-state index < -0.39 is 11.7 Å². The minimum absolute atomic E-state index is 0.314. The number of rotatable bonds is 2. The van der Waals surface area contributed by atoms with Crippen molar-refractivity contribution in [1.29, 1.82) is 0 Å². The molecule has 4 nitrogen and oxygen atoms in total. The topological polar surface area (TPSA) is 45.6 Å². The van der Waals surface area contributed by atoms with E-state index in [0.29, 0.717) is 30.2 Å². The summed E-state index contributed by atoms with van der Waals surface area (Å²) in [5.41, 5.74) is 1.05. The molecule has 1 aromatic carbocycles. The number of alkyl halides is 3. The molecule has 0 bridgehead atoms. The summed E-state index contributed by atoms with van der Waals surface area (Å²) in [5.74, 6) is 6.17. The highest BCUT2D eigenvalue weighted by molar-refractivity contribution is 5.61. The number of anilines is 1. The number of halogens is 3. The molecule has 0 aliphatic carbocycles. The van der Waals surface area contributed by atoms with Crippen molar-refractivity contribution in [2.75, 3.05) is 18.0 Å². The molecule has 0 spiro atoms. The third kappa shape index (κ3) is 4.73. The van der Waals surface area contributed by atoms with E-state index in [4.69, 9.17) is 0 Å². The summed E-state index contributed by atoms with van der Waals surface area (Å²) in [5, 5.41) is 3.00. The van der Waals surface area contributed by atoms with Gasteiger partial charge in [0.25, 0.3) is 0 Å². The van der Waals surface area contributed by atoms with Crippen LogP contribution in [0.1, 0.15) is 24.0 Å². The molecule has 0 radical (unpaired) electrons. The molecule has 7 heteroatoms. The Balaban J connectivity index is 1.65. The third-order valence-electron chi connectivity index (χ3n) is 4.25. The Kier molecular flexibility index (Phi) is 5.55. The van der Waals surface area contributed by atoms with Crippen LogP contribution in [0.2, 0.25) is 0 Å². The summed E-state index contributed by atoms with van der Waals surface area (Å²) >= 11 is 0. The van der Waals surface area contributed by atoms with Gasteiger partial charge in [-0.15, -0.1) is 4.91 Å². The molecule has 1 aromatic heterocycles. The second-order valence-electron chi connectivity index (χ2n) is 6.07. The number of hydrogen-bond acceptors (Lipinski definition) is 4. The molecule has 3 rings (SSSR count). The Bertz CT molecular complexity index is 916. The first-order valence-electron chi connectivity index (χ1n) is 8.37. The van der Waals surface area contributed by atoms with Gasteiger partial charge in [0.1, 0.15) is 5.69 Å². The zero-order chi connectivity index (χ0) is 19.3. The van der Waals surface area contributed by atoms with Crippen molar-refractivity contribution in [3.63, 3.8) is 0 Å². The molecule has 1 aliphatic rings. The number of nitroso groups, excluding NO2 is 1. The molecule has 1 saturated heterocycles. The van der Waals surface area contributed by atoms with Crippen LogP contribution in [0.4, 0.5) is 24.7 Å². The van der Waals surface area contributed by atoms with E-state index in [1.165, 1.54) is 6.07 Å². The van der Waals surface area contributed by atoms with Crippen LogP contribution in [0.5, 0.6) is 0 Å². The fourth-order valence-electron chi connectivity index (χ4n) is 2.85. The van der Waals surface area contributed by atoms with Crippen molar-refractivity contribution in [2.24, 2.45) is 5.18 Å². The van der Waals surface area contributed by atoms with E-state index in [1.54, 1.807) is 30.5 Å². The zero-order valence-electron chi connectivity index (χ0n) is 14.3. The zero-order valence-corrected chi connectivity index (χ0v) is 14.3. The van der Waals surface area contributed by atoms with Gasteiger partial charge in [0.05, 0.1) is 5.56 Å². The molecule has 27 heavy (non-hydrogen) atoms. The van der Waals surface area contributed by atoms with Crippen molar-refractivity contribution in [3.05, 3.63) is 70.3 Å². The number of nitrogens with zero attached hydrogens (tertiary/aromatic N) is 3. The van der Waals surface area contributed by atoms with Crippen LogP contribution in [0.15, 0.2) is 59.4 Å². The van der Waals surface area contributed by atoms with Crippen molar-refractivity contribution in [1.82, 2.24) is 4.98 Å². The highest BCUT2D eigenvalue weighted by Crippen LogP contribution is 2.30. The molecule has 0 atom stereocenters. The van der Waals surface area contributed by atoms with Crippen LogP contribution >= 0.6 is 0 Å². The number of benzene rings is 1. The summed E-state index contributed by atoms with van der Waals surface area (Å²) in [4.78, 5) is 17.1. The Morgan fingerprint density at radius 1 is 1.15 bits per heavy atom. The summed E-state index contributed by atoms with van der Waals surface area (Å²) in [6.45, 7) is 1.35. The lowest BCUT2D eigenvalue weighted by Crippen LogP contribution is -2.31. The van der Waals surface area contributed by atoms with E-state index in [0.717, 1.165) is 30.5 Å². The lowest BCUT2D eigenvalue weighted by atomic mass is 10.0. The fraction of sp³-hybridized carbons (Fsp3) is 0.250. The molecular formula is C20H16F3N3O. The molecule has 1 fully saturated rings. The van der Waals surface area contributed by atoms with Gasteiger partial charge in [-0.1, -0.05) is 23.5 Å². The van der Waals surface area contributed by atoms with E-state index in [9.17, 15) is 18.1 Å². The van der Waals surface area contributed by atoms with Gasteiger partial charge in [-0.3, -0.25) is 0 Å². The Hall–Kier alpha value is -3.14. The Morgan fingerprint density at radius 3 is 2.63 bits per heavy atom. The van der Waals surface area contributed by atoms with Crippen LogP contribution in [-0.2, 0) is 6.18 Å². The quantitative estimate of drug-likeness (QED) is 0.546. The minimum atomic E-state index is -4.37. The SMILES string of the molecule is O=Nc1cccnc1N1CCC(=CC#Cc2cccc(C(F)(F)F)c2)CC1. The number of pyridine rings is 1. The molecule has 0 unspecified atom stereocenters. The first-order valence-corrected chi connectivity index (χ1v) is 8.37. The van der Waals surface area contributed by atoms with Crippen molar-refractivity contribution in [3.8, 4) is 11.8 Å². The normalized spacial score (nSPS) is 14.3. The maximum atomic E-state index is 12.7. The average molecular weight is 371 g/mol. The molecular weight excluding hydrogens is 355 g/mol. The number of aromatic nitrogens is 1. The van der Waals surface area contributed by atoms with Crippen LogP contribution < -0.4 is 4.90 Å². The molecule has 2 heterocycles. The first-order chi connectivity index (χ1) is 13.0. The summed E-state index contributed by atoms with van der Waals surface area (Å²) in [6, 6.07) is 8.27. The summed E-state index contributed by atoms with van der Waals surface area (Å²) in [6.07, 6.45) is 0.493. The fourth-order valence-corrected chi connectivity index (χ4v) is 2.85. The van der Waals surface area contributed by atoms with Crippen molar-refractivity contribution in [2.45, 2.75) is 19.0 Å². The van der Waals surface area contributed by atoms with Crippen LogP contribution in [-0.4, -0.2) is 18.1 Å². The summed E-state index contributed by atoms with van der Waals surface area (Å²) < 4.78 is 38.1.